The van der Waals surface area contributed by atoms with Crippen LogP contribution in [0.3, 0.4) is 0 Å². The first-order valence-electron chi connectivity index (χ1n) is 4.87. The maximum atomic E-state index is 11.0. The molecule has 88 valence electrons. The van der Waals surface area contributed by atoms with E-state index >= 15 is 0 Å². The van der Waals surface area contributed by atoms with Crippen molar-refractivity contribution in [2.24, 2.45) is 5.14 Å². The normalized spacial score (nSPS) is 11.1. The number of hydrogen-bond donors (Lipinski definition) is 2. The Morgan fingerprint density at radius 1 is 1.06 bits per heavy atom. The molecule has 0 spiro atoms. The van der Waals surface area contributed by atoms with E-state index in [4.69, 9.17) is 5.14 Å². The maximum Gasteiger partial charge on any atom is 0.296 e. The highest BCUT2D eigenvalue weighted by molar-refractivity contribution is 7.90. The molecule has 6 heteroatoms. The highest BCUT2D eigenvalue weighted by atomic mass is 32.2. The second-order valence-corrected chi connectivity index (χ2v) is 4.70. The molecule has 0 atom stereocenters. The Morgan fingerprint density at radius 2 is 1.76 bits per heavy atom. The second kappa shape index (κ2) is 4.52. The average Bonchev–Trinajstić information content (AvgIpc) is 2.29. The van der Waals surface area contributed by atoms with Crippen LogP contribution in [0.2, 0.25) is 0 Å². The lowest BCUT2D eigenvalue weighted by Crippen LogP contribution is -2.22. The van der Waals surface area contributed by atoms with Crippen molar-refractivity contribution in [2.45, 2.75) is 0 Å². The molecule has 17 heavy (non-hydrogen) atoms. The van der Waals surface area contributed by atoms with E-state index < -0.39 is 10.2 Å². The third-order valence-electron chi connectivity index (χ3n) is 2.12. The van der Waals surface area contributed by atoms with Gasteiger partial charge in [0.1, 0.15) is 0 Å². The smallest absolute Gasteiger partial charge is 0.271 e. The lowest BCUT2D eigenvalue weighted by Gasteiger charge is -2.09. The van der Waals surface area contributed by atoms with Gasteiger partial charge in [-0.1, -0.05) is 24.3 Å². The van der Waals surface area contributed by atoms with Crippen LogP contribution in [-0.4, -0.2) is 13.4 Å². The third kappa shape index (κ3) is 3.02. The maximum absolute atomic E-state index is 11.0. The highest BCUT2D eigenvalue weighted by Crippen LogP contribution is 2.25. The molecule has 0 amide bonds. The number of nitrogens with zero attached hydrogens (tertiary/aromatic N) is 1. The summed E-state index contributed by atoms with van der Waals surface area (Å²) in [6, 6.07) is 12.3. The Bertz CT molecular complexity index is 612. The van der Waals surface area contributed by atoms with E-state index in [2.05, 4.69) is 9.71 Å². The van der Waals surface area contributed by atoms with Crippen LogP contribution in [0, 0.1) is 0 Å². The number of rotatable bonds is 3. The van der Waals surface area contributed by atoms with Gasteiger partial charge in [0, 0.05) is 11.8 Å². The zero-order valence-corrected chi connectivity index (χ0v) is 9.68. The Morgan fingerprint density at radius 3 is 2.41 bits per heavy atom. The Kier molecular flexibility index (Phi) is 3.08. The van der Waals surface area contributed by atoms with Crippen molar-refractivity contribution in [1.82, 2.24) is 4.98 Å². The molecule has 1 aromatic heterocycles. The molecule has 1 heterocycles. The first-order valence-corrected chi connectivity index (χ1v) is 6.42. The number of hydrogen-bond acceptors (Lipinski definition) is 3. The number of nitrogens with one attached hydrogen (secondary N) is 1. The van der Waals surface area contributed by atoms with Gasteiger partial charge in [0.05, 0.1) is 11.4 Å². The number of para-hydroxylation sites is 1. The van der Waals surface area contributed by atoms with Crippen molar-refractivity contribution in [3.05, 3.63) is 48.7 Å². The Hall–Kier alpha value is -1.92. The first kappa shape index (κ1) is 11.6. The van der Waals surface area contributed by atoms with Crippen molar-refractivity contribution >= 4 is 15.9 Å². The zero-order valence-electron chi connectivity index (χ0n) is 8.87. The van der Waals surface area contributed by atoms with Crippen LogP contribution in [0.1, 0.15) is 0 Å². The van der Waals surface area contributed by atoms with Gasteiger partial charge in [0.15, 0.2) is 0 Å². The van der Waals surface area contributed by atoms with Crippen molar-refractivity contribution < 1.29 is 8.42 Å². The quantitative estimate of drug-likeness (QED) is 0.861. The van der Waals surface area contributed by atoms with Crippen LogP contribution in [0.4, 0.5) is 5.69 Å². The monoisotopic (exact) mass is 249 g/mol. The predicted molar refractivity (Wildman–Crippen MR) is 66.4 cm³/mol. The molecule has 0 bridgehead atoms. The largest absolute Gasteiger partial charge is 0.296 e. The Labute approximate surface area is 99.5 Å². The highest BCUT2D eigenvalue weighted by Gasteiger charge is 2.09. The summed E-state index contributed by atoms with van der Waals surface area (Å²) in [5.74, 6) is 0. The van der Waals surface area contributed by atoms with Crippen LogP contribution in [0.25, 0.3) is 11.3 Å². The van der Waals surface area contributed by atoms with E-state index in [1.165, 1.54) is 0 Å². The number of nitrogens with two attached hydrogens (primary N) is 1. The van der Waals surface area contributed by atoms with Crippen LogP contribution in [0.15, 0.2) is 48.7 Å². The van der Waals surface area contributed by atoms with Crippen LogP contribution >= 0.6 is 0 Å². The summed E-state index contributed by atoms with van der Waals surface area (Å²) in [6.45, 7) is 0. The number of pyridine rings is 1. The lowest BCUT2D eigenvalue weighted by atomic mass is 10.1. The molecule has 0 aliphatic carbocycles. The van der Waals surface area contributed by atoms with Gasteiger partial charge < -0.3 is 0 Å². The van der Waals surface area contributed by atoms with E-state index in [0.29, 0.717) is 16.9 Å². The van der Waals surface area contributed by atoms with Gasteiger partial charge in [-0.15, -0.1) is 0 Å². The summed E-state index contributed by atoms with van der Waals surface area (Å²) in [5, 5.41) is 4.96. The van der Waals surface area contributed by atoms with Crippen molar-refractivity contribution in [3.8, 4) is 11.3 Å². The number of anilines is 1. The molecule has 3 N–H and O–H groups in total. The molecule has 0 aliphatic rings. The van der Waals surface area contributed by atoms with Gasteiger partial charge in [0.25, 0.3) is 10.2 Å². The molecule has 0 fully saturated rings. The van der Waals surface area contributed by atoms with Gasteiger partial charge >= 0.3 is 0 Å². The summed E-state index contributed by atoms with van der Waals surface area (Å²) in [6.07, 6.45) is 1.64. The van der Waals surface area contributed by atoms with E-state index in [1.54, 1.807) is 42.6 Å². The van der Waals surface area contributed by atoms with Crippen molar-refractivity contribution in [3.63, 3.8) is 0 Å². The fourth-order valence-electron chi connectivity index (χ4n) is 1.47. The fourth-order valence-corrected chi connectivity index (χ4v) is 1.96. The SMILES string of the molecule is NS(=O)(=O)Nc1ccccc1-c1ccccn1. The van der Waals surface area contributed by atoms with E-state index in [-0.39, 0.29) is 0 Å². The summed E-state index contributed by atoms with van der Waals surface area (Å²) >= 11 is 0. The molecule has 2 rings (SSSR count). The van der Waals surface area contributed by atoms with Crippen LogP contribution < -0.4 is 9.86 Å². The van der Waals surface area contributed by atoms with Crippen molar-refractivity contribution in [1.29, 1.82) is 0 Å². The number of benzene rings is 1. The molecule has 2 aromatic rings. The molecule has 1 aromatic carbocycles. The molecule has 0 radical (unpaired) electrons. The van der Waals surface area contributed by atoms with Gasteiger partial charge in [-0.05, 0) is 18.2 Å². The van der Waals surface area contributed by atoms with E-state index in [9.17, 15) is 8.42 Å². The van der Waals surface area contributed by atoms with Crippen LogP contribution in [0.5, 0.6) is 0 Å². The molecular weight excluding hydrogens is 238 g/mol. The van der Waals surface area contributed by atoms with Crippen molar-refractivity contribution in [2.75, 3.05) is 4.72 Å². The lowest BCUT2D eigenvalue weighted by molar-refractivity contribution is 0.603. The van der Waals surface area contributed by atoms with Gasteiger partial charge in [-0.25, -0.2) is 5.14 Å². The van der Waals surface area contributed by atoms with Gasteiger partial charge in [-0.2, -0.15) is 8.42 Å². The summed E-state index contributed by atoms with van der Waals surface area (Å²) in [5.41, 5.74) is 1.77. The topological polar surface area (TPSA) is 85.1 Å². The number of aromatic nitrogens is 1. The molecule has 0 saturated carbocycles. The summed E-state index contributed by atoms with van der Waals surface area (Å²) in [4.78, 5) is 4.16. The predicted octanol–water partition coefficient (Wildman–Crippen LogP) is 1.36. The third-order valence-corrected chi connectivity index (χ3v) is 2.62. The van der Waals surface area contributed by atoms with Crippen LogP contribution in [-0.2, 0) is 10.2 Å². The van der Waals surface area contributed by atoms with E-state index in [1.807, 2.05) is 6.07 Å². The minimum absolute atomic E-state index is 0.411. The molecule has 0 saturated heterocycles. The molecule has 5 nitrogen and oxygen atoms in total. The van der Waals surface area contributed by atoms with Gasteiger partial charge in [0.2, 0.25) is 0 Å². The zero-order chi connectivity index (χ0) is 12.3. The second-order valence-electron chi connectivity index (χ2n) is 3.41. The summed E-state index contributed by atoms with van der Waals surface area (Å²) < 4.78 is 24.3. The van der Waals surface area contributed by atoms with Gasteiger partial charge in [-0.3, -0.25) is 9.71 Å². The first-order chi connectivity index (χ1) is 8.06. The average molecular weight is 249 g/mol. The molecule has 0 unspecified atom stereocenters. The minimum atomic E-state index is -3.79. The molecule has 0 aliphatic heterocycles. The fraction of sp³-hybridized carbons (Fsp3) is 0. The Balaban J connectivity index is 2.49. The standard InChI is InChI=1S/C11H11N3O2S/c12-17(15,16)14-11-7-2-1-5-9(11)10-6-3-4-8-13-10/h1-8,14H,(H2,12,15,16). The molecular formula is C11H11N3O2S. The van der Waals surface area contributed by atoms with E-state index in [0.717, 1.165) is 0 Å². The summed E-state index contributed by atoms with van der Waals surface area (Å²) in [7, 11) is -3.79. The minimum Gasteiger partial charge on any atom is -0.271 e.